The van der Waals surface area contributed by atoms with Crippen molar-refractivity contribution < 1.29 is 9.59 Å². The summed E-state index contributed by atoms with van der Waals surface area (Å²) < 4.78 is 0. The van der Waals surface area contributed by atoms with Gasteiger partial charge in [-0.15, -0.1) is 11.8 Å². The van der Waals surface area contributed by atoms with Gasteiger partial charge in [0.2, 0.25) is 11.8 Å². The van der Waals surface area contributed by atoms with Crippen LogP contribution in [-0.2, 0) is 21.9 Å². The summed E-state index contributed by atoms with van der Waals surface area (Å²) in [5, 5.41) is 3.95. The van der Waals surface area contributed by atoms with Gasteiger partial charge in [0, 0.05) is 28.4 Å². The third-order valence-electron chi connectivity index (χ3n) is 4.92. The fourth-order valence-corrected chi connectivity index (χ4v) is 4.69. The molecule has 0 saturated carbocycles. The first-order chi connectivity index (χ1) is 14.7. The maximum Gasteiger partial charge on any atom is 0.243 e. The minimum atomic E-state index is -0.569. The van der Waals surface area contributed by atoms with E-state index in [0.717, 1.165) is 11.3 Å². The molecule has 168 valence electrons. The van der Waals surface area contributed by atoms with Crippen molar-refractivity contribution in [3.8, 4) is 0 Å². The number of aryl methyl sites for hydroxylation is 1. The third kappa shape index (κ3) is 7.74. The molecule has 2 aromatic carbocycles. The maximum absolute atomic E-state index is 13.2. The Morgan fingerprint density at radius 1 is 1.10 bits per heavy atom. The topological polar surface area (TPSA) is 49.4 Å². The number of thioether (sulfide) groups is 1. The Kier molecular flexibility index (Phi) is 10.2. The zero-order valence-electron chi connectivity index (χ0n) is 18.5. The molecule has 0 heterocycles. The summed E-state index contributed by atoms with van der Waals surface area (Å²) in [7, 11) is 0. The molecular formula is C24H30Cl2N2O2S. The fraction of sp³-hybridized carbons (Fsp3) is 0.417. The van der Waals surface area contributed by atoms with Crippen LogP contribution < -0.4 is 5.32 Å². The number of rotatable bonds is 10. The predicted octanol–water partition coefficient (Wildman–Crippen LogP) is 5.87. The molecule has 0 fully saturated rings. The Balaban J connectivity index is 2.19. The van der Waals surface area contributed by atoms with Crippen molar-refractivity contribution in [2.24, 2.45) is 0 Å². The van der Waals surface area contributed by atoms with E-state index in [-0.39, 0.29) is 30.2 Å². The van der Waals surface area contributed by atoms with Crippen molar-refractivity contribution in [2.75, 3.05) is 5.75 Å². The third-order valence-corrected chi connectivity index (χ3v) is 6.47. The van der Waals surface area contributed by atoms with E-state index in [9.17, 15) is 9.59 Å². The highest BCUT2D eigenvalue weighted by Gasteiger charge is 2.29. The van der Waals surface area contributed by atoms with Gasteiger partial charge in [-0.25, -0.2) is 0 Å². The number of halogens is 2. The predicted molar refractivity (Wildman–Crippen MR) is 132 cm³/mol. The van der Waals surface area contributed by atoms with Crippen molar-refractivity contribution in [2.45, 2.75) is 58.5 Å². The molecule has 0 spiro atoms. The van der Waals surface area contributed by atoms with Crippen LogP contribution in [0.3, 0.4) is 0 Å². The highest BCUT2D eigenvalue weighted by atomic mass is 35.5. The number of benzene rings is 2. The van der Waals surface area contributed by atoms with Crippen LogP contribution in [-0.4, -0.2) is 34.6 Å². The Labute approximate surface area is 199 Å². The molecule has 1 N–H and O–H groups in total. The average Bonchev–Trinajstić information content (AvgIpc) is 2.70. The minimum absolute atomic E-state index is 0.00643. The molecule has 2 rings (SSSR count). The molecule has 31 heavy (non-hydrogen) atoms. The molecule has 7 heteroatoms. The highest BCUT2D eigenvalue weighted by Crippen LogP contribution is 2.25. The monoisotopic (exact) mass is 480 g/mol. The summed E-state index contributed by atoms with van der Waals surface area (Å²) in [6.07, 6.45) is 0.512. The smallest absolute Gasteiger partial charge is 0.243 e. The van der Waals surface area contributed by atoms with E-state index in [2.05, 4.69) is 24.4 Å². The van der Waals surface area contributed by atoms with Gasteiger partial charge in [0.1, 0.15) is 6.04 Å². The van der Waals surface area contributed by atoms with Crippen LogP contribution in [0.15, 0.2) is 42.5 Å². The quantitative estimate of drug-likeness (QED) is 0.462. The molecule has 0 aliphatic rings. The van der Waals surface area contributed by atoms with E-state index in [0.29, 0.717) is 16.5 Å². The number of carbonyl (C=O) groups is 2. The van der Waals surface area contributed by atoms with Crippen molar-refractivity contribution >= 4 is 46.8 Å². The number of amides is 2. The van der Waals surface area contributed by atoms with Crippen LogP contribution in [0.2, 0.25) is 10.0 Å². The van der Waals surface area contributed by atoms with E-state index >= 15 is 0 Å². The van der Waals surface area contributed by atoms with Crippen molar-refractivity contribution in [1.82, 2.24) is 10.2 Å². The summed E-state index contributed by atoms with van der Waals surface area (Å²) in [6, 6.07) is 12.8. The standard InChI is InChI=1S/C24H30Cl2N2O2S/c1-5-22(24(30)27-16(2)3)28(13-18-10-11-20(25)12-21(18)26)23(29)15-31-14-19-9-7-6-8-17(19)4/h6-12,16,22H,5,13-15H2,1-4H3,(H,27,30). The normalized spacial score (nSPS) is 12.0. The molecule has 0 aliphatic carbocycles. The van der Waals surface area contributed by atoms with Crippen LogP contribution in [0.25, 0.3) is 0 Å². The number of nitrogens with one attached hydrogen (secondary N) is 1. The van der Waals surface area contributed by atoms with Crippen molar-refractivity contribution in [3.05, 3.63) is 69.2 Å². The van der Waals surface area contributed by atoms with Gasteiger partial charge >= 0.3 is 0 Å². The molecular weight excluding hydrogens is 451 g/mol. The van der Waals surface area contributed by atoms with Gasteiger partial charge in [-0.05, 0) is 56.0 Å². The van der Waals surface area contributed by atoms with Gasteiger partial charge in [0.05, 0.1) is 5.75 Å². The lowest BCUT2D eigenvalue weighted by atomic mass is 10.1. The Morgan fingerprint density at radius 3 is 2.42 bits per heavy atom. The van der Waals surface area contributed by atoms with E-state index < -0.39 is 6.04 Å². The van der Waals surface area contributed by atoms with Gasteiger partial charge in [0.25, 0.3) is 0 Å². The van der Waals surface area contributed by atoms with E-state index in [1.165, 1.54) is 11.1 Å². The van der Waals surface area contributed by atoms with E-state index in [4.69, 9.17) is 23.2 Å². The minimum Gasteiger partial charge on any atom is -0.352 e. The number of hydrogen-bond donors (Lipinski definition) is 1. The van der Waals surface area contributed by atoms with Crippen LogP contribution in [0.4, 0.5) is 0 Å². The highest BCUT2D eigenvalue weighted by molar-refractivity contribution is 7.99. The van der Waals surface area contributed by atoms with Crippen LogP contribution in [0, 0.1) is 6.92 Å². The lowest BCUT2D eigenvalue weighted by Crippen LogP contribution is -2.51. The summed E-state index contributed by atoms with van der Waals surface area (Å²) in [5.74, 6) is 0.781. The molecule has 0 bridgehead atoms. The molecule has 0 aliphatic heterocycles. The molecule has 2 aromatic rings. The first kappa shape index (κ1) is 25.6. The van der Waals surface area contributed by atoms with Crippen molar-refractivity contribution in [3.63, 3.8) is 0 Å². The van der Waals surface area contributed by atoms with Crippen molar-refractivity contribution in [1.29, 1.82) is 0 Å². The first-order valence-corrected chi connectivity index (χ1v) is 12.3. The average molecular weight is 481 g/mol. The summed E-state index contributed by atoms with van der Waals surface area (Å²) in [4.78, 5) is 27.7. The largest absolute Gasteiger partial charge is 0.352 e. The molecule has 4 nitrogen and oxygen atoms in total. The maximum atomic E-state index is 13.2. The Bertz CT molecular complexity index is 905. The Hall–Kier alpha value is -1.69. The van der Waals surface area contributed by atoms with Gasteiger partial charge in [-0.3, -0.25) is 9.59 Å². The lowest BCUT2D eigenvalue weighted by Gasteiger charge is -2.31. The van der Waals surface area contributed by atoms with Crippen LogP contribution in [0.1, 0.15) is 43.9 Å². The van der Waals surface area contributed by atoms with Crippen LogP contribution >= 0.6 is 35.0 Å². The summed E-state index contributed by atoms with van der Waals surface area (Å²) >= 11 is 13.9. The molecule has 2 amide bonds. The van der Waals surface area contributed by atoms with Gasteiger partial charge < -0.3 is 10.2 Å². The second-order valence-electron chi connectivity index (χ2n) is 7.76. The second-order valence-corrected chi connectivity index (χ2v) is 9.59. The second kappa shape index (κ2) is 12.4. The number of hydrogen-bond acceptors (Lipinski definition) is 3. The number of carbonyl (C=O) groups excluding carboxylic acids is 2. The van der Waals surface area contributed by atoms with E-state index in [1.807, 2.05) is 32.9 Å². The molecule has 0 radical (unpaired) electrons. The molecule has 1 unspecified atom stereocenters. The van der Waals surface area contributed by atoms with Gasteiger partial charge in [-0.1, -0.05) is 60.5 Å². The van der Waals surface area contributed by atoms with Gasteiger partial charge in [0.15, 0.2) is 0 Å². The lowest BCUT2D eigenvalue weighted by molar-refractivity contribution is -0.139. The molecule has 0 saturated heterocycles. The zero-order valence-corrected chi connectivity index (χ0v) is 20.8. The van der Waals surface area contributed by atoms with Gasteiger partial charge in [-0.2, -0.15) is 0 Å². The fourth-order valence-electron chi connectivity index (χ4n) is 3.24. The zero-order chi connectivity index (χ0) is 23.0. The number of nitrogens with zero attached hydrogens (tertiary/aromatic N) is 1. The summed E-state index contributed by atoms with van der Waals surface area (Å²) in [6.45, 7) is 8.05. The van der Waals surface area contributed by atoms with Crippen LogP contribution in [0.5, 0.6) is 0 Å². The molecule has 1 atom stereocenters. The Morgan fingerprint density at radius 2 is 1.81 bits per heavy atom. The molecule has 0 aromatic heterocycles. The first-order valence-electron chi connectivity index (χ1n) is 10.4. The summed E-state index contributed by atoms with van der Waals surface area (Å²) in [5.41, 5.74) is 3.17. The van der Waals surface area contributed by atoms with E-state index in [1.54, 1.807) is 34.9 Å². The SMILES string of the molecule is CCC(C(=O)NC(C)C)N(Cc1ccc(Cl)cc1Cl)C(=O)CSCc1ccccc1C.